The van der Waals surface area contributed by atoms with Gasteiger partial charge in [-0.05, 0) is 29.8 Å². The van der Waals surface area contributed by atoms with Crippen LogP contribution in [0.2, 0.25) is 5.02 Å². The Bertz CT molecular complexity index is 960. The number of aromatic nitrogens is 1. The smallest absolute Gasteiger partial charge is 0.0788 e. The lowest BCUT2D eigenvalue weighted by Crippen LogP contribution is -1.91. The van der Waals surface area contributed by atoms with Gasteiger partial charge in [-0.25, -0.2) is 4.98 Å². The molecule has 0 aliphatic rings. The number of para-hydroxylation sites is 1. The van der Waals surface area contributed by atoms with Gasteiger partial charge in [-0.3, -0.25) is 0 Å². The van der Waals surface area contributed by atoms with Gasteiger partial charge < -0.3 is 0 Å². The summed E-state index contributed by atoms with van der Waals surface area (Å²) in [5.41, 5.74) is 5.34. The van der Waals surface area contributed by atoms with Crippen LogP contribution in [-0.2, 0) is 0 Å². The van der Waals surface area contributed by atoms with Crippen molar-refractivity contribution < 1.29 is 0 Å². The summed E-state index contributed by atoms with van der Waals surface area (Å²) in [6, 6.07) is 28.6. The molecule has 1 aromatic heterocycles. The van der Waals surface area contributed by atoms with Crippen LogP contribution in [0.5, 0.6) is 0 Å². The molecular weight excluding hydrogens is 302 g/mol. The number of hydrogen-bond donors (Lipinski definition) is 0. The van der Waals surface area contributed by atoms with Gasteiger partial charge in [0.1, 0.15) is 0 Å². The van der Waals surface area contributed by atoms with Gasteiger partial charge in [0.2, 0.25) is 0 Å². The van der Waals surface area contributed by atoms with E-state index in [1.807, 2.05) is 48.5 Å². The van der Waals surface area contributed by atoms with Crippen molar-refractivity contribution in [3.05, 3.63) is 90.0 Å². The lowest BCUT2D eigenvalue weighted by molar-refractivity contribution is 1.39. The van der Waals surface area contributed by atoms with E-state index < -0.39 is 0 Å². The molecule has 23 heavy (non-hydrogen) atoms. The first-order valence-corrected chi connectivity index (χ1v) is 7.90. The summed E-state index contributed by atoms with van der Waals surface area (Å²) >= 11 is 6.03. The number of halogens is 1. The second-order valence-electron chi connectivity index (χ2n) is 5.45. The fourth-order valence-electron chi connectivity index (χ4n) is 2.78. The predicted octanol–water partition coefficient (Wildman–Crippen LogP) is 6.22. The molecule has 0 bridgehead atoms. The first kappa shape index (κ1) is 14.0. The highest BCUT2D eigenvalue weighted by molar-refractivity contribution is 6.30. The Morgan fingerprint density at radius 2 is 1.35 bits per heavy atom. The van der Waals surface area contributed by atoms with E-state index in [-0.39, 0.29) is 0 Å². The van der Waals surface area contributed by atoms with Crippen LogP contribution < -0.4 is 0 Å². The fourth-order valence-corrected chi connectivity index (χ4v) is 2.91. The maximum Gasteiger partial charge on any atom is 0.0788 e. The van der Waals surface area contributed by atoms with Gasteiger partial charge in [0.25, 0.3) is 0 Å². The highest BCUT2D eigenvalue weighted by atomic mass is 35.5. The first-order chi connectivity index (χ1) is 11.3. The SMILES string of the molecule is Clc1ccc(-c2nc3ccccc3cc2-c2ccccc2)cc1. The van der Waals surface area contributed by atoms with Crippen LogP contribution in [0.3, 0.4) is 0 Å². The molecule has 0 amide bonds. The summed E-state index contributed by atoms with van der Waals surface area (Å²) < 4.78 is 0. The van der Waals surface area contributed by atoms with Gasteiger partial charge in [-0.2, -0.15) is 0 Å². The lowest BCUT2D eigenvalue weighted by Gasteiger charge is -2.11. The molecule has 0 fully saturated rings. The van der Waals surface area contributed by atoms with Crippen LogP contribution >= 0.6 is 11.6 Å². The second kappa shape index (κ2) is 5.86. The lowest BCUT2D eigenvalue weighted by atomic mass is 9.97. The molecule has 3 aromatic carbocycles. The van der Waals surface area contributed by atoms with Crippen molar-refractivity contribution in [3.63, 3.8) is 0 Å². The predicted molar refractivity (Wildman–Crippen MR) is 97.6 cm³/mol. The van der Waals surface area contributed by atoms with E-state index in [1.165, 1.54) is 0 Å². The van der Waals surface area contributed by atoms with E-state index in [0.29, 0.717) is 0 Å². The molecule has 0 unspecified atom stereocenters. The molecular formula is C21H14ClN. The Labute approximate surface area is 140 Å². The molecule has 0 saturated carbocycles. The zero-order valence-corrected chi connectivity index (χ0v) is 13.2. The van der Waals surface area contributed by atoms with Crippen LogP contribution in [0.25, 0.3) is 33.3 Å². The van der Waals surface area contributed by atoms with Gasteiger partial charge >= 0.3 is 0 Å². The molecule has 0 atom stereocenters. The van der Waals surface area contributed by atoms with E-state index in [0.717, 1.165) is 38.3 Å². The standard InChI is InChI=1S/C21H14ClN/c22-18-12-10-16(11-13-18)21-19(15-6-2-1-3-7-15)14-17-8-4-5-9-20(17)23-21/h1-14H. The Kier molecular flexibility index (Phi) is 3.57. The average Bonchev–Trinajstić information content (AvgIpc) is 2.62. The van der Waals surface area contributed by atoms with Gasteiger partial charge in [-0.1, -0.05) is 72.3 Å². The van der Waals surface area contributed by atoms with Crippen LogP contribution in [-0.4, -0.2) is 4.98 Å². The van der Waals surface area contributed by atoms with E-state index in [4.69, 9.17) is 16.6 Å². The van der Waals surface area contributed by atoms with E-state index in [9.17, 15) is 0 Å². The van der Waals surface area contributed by atoms with Crippen molar-refractivity contribution in [1.82, 2.24) is 4.98 Å². The zero-order chi connectivity index (χ0) is 15.6. The van der Waals surface area contributed by atoms with Gasteiger partial charge in [0.05, 0.1) is 11.2 Å². The Morgan fingerprint density at radius 1 is 0.652 bits per heavy atom. The Hall–Kier alpha value is -2.64. The molecule has 0 spiro atoms. The van der Waals surface area contributed by atoms with Crippen molar-refractivity contribution in [1.29, 1.82) is 0 Å². The molecule has 0 saturated heterocycles. The topological polar surface area (TPSA) is 12.9 Å². The number of hydrogen-bond acceptors (Lipinski definition) is 1. The van der Waals surface area contributed by atoms with Crippen LogP contribution in [0.4, 0.5) is 0 Å². The summed E-state index contributed by atoms with van der Waals surface area (Å²) in [7, 11) is 0. The minimum Gasteiger partial charge on any atom is -0.247 e. The summed E-state index contributed by atoms with van der Waals surface area (Å²) in [5.74, 6) is 0. The van der Waals surface area contributed by atoms with E-state index >= 15 is 0 Å². The van der Waals surface area contributed by atoms with E-state index in [2.05, 4.69) is 36.4 Å². The monoisotopic (exact) mass is 315 g/mol. The highest BCUT2D eigenvalue weighted by Crippen LogP contribution is 2.33. The number of benzene rings is 3. The highest BCUT2D eigenvalue weighted by Gasteiger charge is 2.11. The molecule has 0 radical (unpaired) electrons. The van der Waals surface area contributed by atoms with Crippen molar-refractivity contribution in [3.8, 4) is 22.4 Å². The maximum atomic E-state index is 6.03. The second-order valence-corrected chi connectivity index (χ2v) is 5.89. The van der Waals surface area contributed by atoms with Crippen LogP contribution in [0.1, 0.15) is 0 Å². The van der Waals surface area contributed by atoms with Crippen molar-refractivity contribution in [2.45, 2.75) is 0 Å². The maximum absolute atomic E-state index is 6.03. The zero-order valence-electron chi connectivity index (χ0n) is 12.4. The molecule has 0 N–H and O–H groups in total. The van der Waals surface area contributed by atoms with Crippen LogP contribution in [0, 0.1) is 0 Å². The van der Waals surface area contributed by atoms with Gasteiger partial charge in [-0.15, -0.1) is 0 Å². The van der Waals surface area contributed by atoms with Crippen molar-refractivity contribution in [2.24, 2.45) is 0 Å². The summed E-state index contributed by atoms with van der Waals surface area (Å²) in [6.07, 6.45) is 0. The quantitative estimate of drug-likeness (QED) is 0.428. The Balaban J connectivity index is 2.02. The fraction of sp³-hybridized carbons (Fsp3) is 0. The molecule has 4 rings (SSSR count). The number of rotatable bonds is 2. The molecule has 4 aromatic rings. The van der Waals surface area contributed by atoms with Gasteiger partial charge in [0, 0.05) is 21.5 Å². The minimum absolute atomic E-state index is 0.732. The summed E-state index contributed by atoms with van der Waals surface area (Å²) in [6.45, 7) is 0. The Morgan fingerprint density at radius 3 is 2.13 bits per heavy atom. The van der Waals surface area contributed by atoms with Crippen molar-refractivity contribution >= 4 is 22.5 Å². The normalized spacial score (nSPS) is 10.8. The molecule has 2 heteroatoms. The molecule has 0 aliphatic carbocycles. The minimum atomic E-state index is 0.732. The number of fused-ring (bicyclic) bond motifs is 1. The van der Waals surface area contributed by atoms with Crippen molar-refractivity contribution in [2.75, 3.05) is 0 Å². The summed E-state index contributed by atoms with van der Waals surface area (Å²) in [5, 5.41) is 1.87. The third-order valence-corrected chi connectivity index (χ3v) is 4.18. The molecule has 0 aliphatic heterocycles. The third kappa shape index (κ3) is 2.71. The van der Waals surface area contributed by atoms with Crippen LogP contribution in [0.15, 0.2) is 84.9 Å². The van der Waals surface area contributed by atoms with Gasteiger partial charge in [0.15, 0.2) is 0 Å². The average molecular weight is 316 g/mol. The summed E-state index contributed by atoms with van der Waals surface area (Å²) in [4.78, 5) is 4.91. The first-order valence-electron chi connectivity index (χ1n) is 7.52. The largest absolute Gasteiger partial charge is 0.247 e. The number of nitrogens with zero attached hydrogens (tertiary/aromatic N) is 1. The van der Waals surface area contributed by atoms with E-state index in [1.54, 1.807) is 0 Å². The molecule has 1 heterocycles. The molecule has 110 valence electrons. The third-order valence-electron chi connectivity index (χ3n) is 3.93. The number of pyridine rings is 1. The molecule has 1 nitrogen and oxygen atoms in total.